The zero-order valence-electron chi connectivity index (χ0n) is 19.0. The SMILES string of the molecule is COc1ccc(OP(OCC2CCC(n3cc(Cl)c(=O)[nH]c3=O)O2)Oc2ccc(OC)cc2)cc1. The molecule has 2 heterocycles. The number of H-pyrrole nitrogens is 1. The third-order valence-electron chi connectivity index (χ3n) is 5.16. The summed E-state index contributed by atoms with van der Waals surface area (Å²) < 4.78 is 35.5. The maximum atomic E-state index is 12.1. The van der Waals surface area contributed by atoms with Gasteiger partial charge in [0.1, 0.15) is 34.2 Å². The van der Waals surface area contributed by atoms with Crippen molar-refractivity contribution in [1.82, 2.24) is 9.55 Å². The second kappa shape index (κ2) is 11.6. The monoisotopic (exact) mass is 522 g/mol. The van der Waals surface area contributed by atoms with E-state index in [0.717, 1.165) is 0 Å². The maximum absolute atomic E-state index is 12.1. The lowest BCUT2D eigenvalue weighted by Gasteiger charge is -2.20. The van der Waals surface area contributed by atoms with Crippen LogP contribution in [0.5, 0.6) is 23.0 Å². The average molecular weight is 523 g/mol. The van der Waals surface area contributed by atoms with Gasteiger partial charge in [-0.05, 0) is 61.4 Å². The van der Waals surface area contributed by atoms with Crippen molar-refractivity contribution in [2.75, 3.05) is 20.8 Å². The summed E-state index contributed by atoms with van der Waals surface area (Å²) in [5.41, 5.74) is -1.22. The van der Waals surface area contributed by atoms with E-state index in [2.05, 4.69) is 4.98 Å². The van der Waals surface area contributed by atoms with Crippen LogP contribution >= 0.6 is 20.2 Å². The minimum absolute atomic E-state index is 0.0859. The van der Waals surface area contributed by atoms with Gasteiger partial charge in [0.25, 0.3) is 5.56 Å². The first kappa shape index (κ1) is 25.1. The van der Waals surface area contributed by atoms with Gasteiger partial charge in [0.15, 0.2) is 0 Å². The molecule has 0 aliphatic carbocycles. The molecule has 2 aromatic carbocycles. The van der Waals surface area contributed by atoms with Gasteiger partial charge in [-0.3, -0.25) is 18.9 Å². The molecule has 186 valence electrons. The van der Waals surface area contributed by atoms with Crippen LogP contribution in [0.3, 0.4) is 0 Å². The fourth-order valence-electron chi connectivity index (χ4n) is 3.35. The van der Waals surface area contributed by atoms with E-state index in [0.29, 0.717) is 35.8 Å². The zero-order valence-corrected chi connectivity index (χ0v) is 20.7. The molecular formula is C23H24ClN2O8P. The Morgan fingerprint density at radius 2 is 1.49 bits per heavy atom. The van der Waals surface area contributed by atoms with Gasteiger partial charge in [-0.25, -0.2) is 4.79 Å². The van der Waals surface area contributed by atoms with E-state index in [1.807, 2.05) is 0 Å². The highest BCUT2D eigenvalue weighted by atomic mass is 35.5. The second-order valence-corrected chi connectivity index (χ2v) is 8.96. The molecule has 1 aliphatic heterocycles. The molecule has 1 saturated heterocycles. The van der Waals surface area contributed by atoms with Crippen LogP contribution in [-0.4, -0.2) is 36.5 Å². The average Bonchev–Trinajstić information content (AvgIpc) is 3.34. The molecule has 10 nitrogen and oxygen atoms in total. The van der Waals surface area contributed by atoms with E-state index >= 15 is 0 Å². The standard InChI is InChI=1S/C23H24ClN2O8P/c1-29-15-3-7-17(8-4-15)33-35(34-18-9-5-16(30-2)6-10-18)31-14-19-11-12-21(32-19)26-13-20(24)22(27)25-23(26)28/h3-10,13,19,21H,11-12,14H2,1-2H3,(H,25,27,28). The molecule has 1 aliphatic rings. The Balaban J connectivity index is 1.41. The number of aromatic nitrogens is 2. The number of ether oxygens (including phenoxy) is 3. The van der Waals surface area contributed by atoms with E-state index in [4.69, 9.17) is 39.4 Å². The molecule has 3 aromatic rings. The van der Waals surface area contributed by atoms with Crippen LogP contribution in [0.15, 0.2) is 64.3 Å². The second-order valence-electron chi connectivity index (χ2n) is 7.49. The van der Waals surface area contributed by atoms with Crippen LogP contribution in [0.4, 0.5) is 0 Å². The van der Waals surface area contributed by atoms with Gasteiger partial charge in [-0.15, -0.1) is 0 Å². The van der Waals surface area contributed by atoms with E-state index in [1.165, 1.54) is 10.8 Å². The number of nitrogens with one attached hydrogen (secondary N) is 1. The Morgan fingerprint density at radius 1 is 0.943 bits per heavy atom. The summed E-state index contributed by atoms with van der Waals surface area (Å²) in [7, 11) is 1.33. The summed E-state index contributed by atoms with van der Waals surface area (Å²) in [6, 6.07) is 14.1. The van der Waals surface area contributed by atoms with Crippen LogP contribution < -0.4 is 29.8 Å². The number of hydrogen-bond donors (Lipinski definition) is 1. The normalized spacial score (nSPS) is 17.4. The van der Waals surface area contributed by atoms with E-state index in [9.17, 15) is 9.59 Å². The van der Waals surface area contributed by atoms with Crippen molar-refractivity contribution in [2.24, 2.45) is 0 Å². The quantitative estimate of drug-likeness (QED) is 0.393. The molecular weight excluding hydrogens is 499 g/mol. The molecule has 4 rings (SSSR count). The van der Waals surface area contributed by atoms with Gasteiger partial charge in [0.2, 0.25) is 0 Å². The highest BCUT2D eigenvalue weighted by Crippen LogP contribution is 2.43. The molecule has 0 amide bonds. The Hall–Kier alpha value is -3.04. The van der Waals surface area contributed by atoms with Crippen molar-refractivity contribution in [3.63, 3.8) is 0 Å². The molecule has 12 heteroatoms. The van der Waals surface area contributed by atoms with Crippen molar-refractivity contribution < 1.29 is 27.8 Å². The highest BCUT2D eigenvalue weighted by Gasteiger charge is 2.30. The van der Waals surface area contributed by atoms with Crippen LogP contribution in [-0.2, 0) is 9.26 Å². The van der Waals surface area contributed by atoms with Gasteiger partial charge < -0.3 is 23.3 Å². The van der Waals surface area contributed by atoms with E-state index in [1.54, 1.807) is 62.8 Å². The lowest BCUT2D eigenvalue weighted by molar-refractivity contribution is -0.0210. The Labute approximate surface area is 207 Å². The third-order valence-corrected chi connectivity index (χ3v) is 6.51. The maximum Gasteiger partial charge on any atom is 0.463 e. The van der Waals surface area contributed by atoms with Crippen molar-refractivity contribution in [1.29, 1.82) is 0 Å². The van der Waals surface area contributed by atoms with Crippen molar-refractivity contribution >= 4 is 20.2 Å². The van der Waals surface area contributed by atoms with Crippen LogP contribution in [0, 0.1) is 0 Å². The molecule has 1 fully saturated rings. The first-order valence-corrected chi connectivity index (χ1v) is 12.2. The smallest absolute Gasteiger partial charge is 0.463 e. The number of hydrogen-bond acceptors (Lipinski definition) is 8. The van der Waals surface area contributed by atoms with Crippen LogP contribution in [0.2, 0.25) is 5.02 Å². The van der Waals surface area contributed by atoms with Crippen molar-refractivity contribution in [3.8, 4) is 23.0 Å². The molecule has 0 spiro atoms. The fourth-order valence-corrected chi connectivity index (χ4v) is 4.52. The first-order chi connectivity index (χ1) is 16.9. The number of nitrogens with zero attached hydrogens (tertiary/aromatic N) is 1. The lowest BCUT2D eigenvalue weighted by Crippen LogP contribution is -2.32. The summed E-state index contributed by atoms with van der Waals surface area (Å²) in [5.74, 6) is 2.48. The highest BCUT2D eigenvalue weighted by molar-refractivity contribution is 7.42. The molecule has 2 unspecified atom stereocenters. The van der Waals surface area contributed by atoms with Crippen molar-refractivity contribution in [3.05, 3.63) is 80.6 Å². The number of aromatic amines is 1. The molecule has 0 saturated carbocycles. The number of halogens is 1. The van der Waals surface area contributed by atoms with Crippen LogP contribution in [0.25, 0.3) is 0 Å². The molecule has 1 aromatic heterocycles. The topological polar surface area (TPSA) is 110 Å². The molecule has 2 atom stereocenters. The Bertz CT molecular complexity index is 1180. The number of methoxy groups -OCH3 is 2. The molecule has 0 radical (unpaired) electrons. The summed E-state index contributed by atoms with van der Waals surface area (Å²) in [6.45, 7) is 0.167. The van der Waals surface area contributed by atoms with Crippen molar-refractivity contribution in [2.45, 2.75) is 25.2 Å². The first-order valence-electron chi connectivity index (χ1n) is 10.7. The molecule has 35 heavy (non-hydrogen) atoms. The Morgan fingerprint density at radius 3 is 2.03 bits per heavy atom. The van der Waals surface area contributed by atoms with Gasteiger partial charge in [0.05, 0.1) is 26.9 Å². The summed E-state index contributed by atoms with van der Waals surface area (Å²) in [6.07, 6.45) is 1.57. The minimum atomic E-state index is -1.84. The zero-order chi connectivity index (χ0) is 24.8. The predicted molar refractivity (Wildman–Crippen MR) is 130 cm³/mol. The summed E-state index contributed by atoms with van der Waals surface area (Å²) >= 11 is 5.87. The largest absolute Gasteiger partial charge is 0.497 e. The number of benzene rings is 2. The van der Waals surface area contributed by atoms with E-state index < -0.39 is 26.1 Å². The lowest BCUT2D eigenvalue weighted by atomic mass is 10.2. The summed E-state index contributed by atoms with van der Waals surface area (Å²) in [4.78, 5) is 25.8. The molecule has 0 bridgehead atoms. The predicted octanol–water partition coefficient (Wildman–Crippen LogP) is 4.29. The number of rotatable bonds is 10. The fraction of sp³-hybridized carbons (Fsp3) is 0.304. The van der Waals surface area contributed by atoms with E-state index in [-0.39, 0.29) is 17.7 Å². The molecule has 1 N–H and O–H groups in total. The van der Waals surface area contributed by atoms with Gasteiger partial charge in [-0.2, -0.15) is 0 Å². The van der Waals surface area contributed by atoms with Gasteiger partial charge >= 0.3 is 14.3 Å². The summed E-state index contributed by atoms with van der Waals surface area (Å²) in [5, 5.41) is -0.0859. The van der Waals surface area contributed by atoms with Gasteiger partial charge in [-0.1, -0.05) is 11.6 Å². The van der Waals surface area contributed by atoms with Crippen LogP contribution in [0.1, 0.15) is 19.1 Å². The Kier molecular flexibility index (Phi) is 8.30. The third kappa shape index (κ3) is 6.55. The minimum Gasteiger partial charge on any atom is -0.497 e. The van der Waals surface area contributed by atoms with Gasteiger partial charge in [0, 0.05) is 6.20 Å².